The lowest BCUT2D eigenvalue weighted by Gasteiger charge is -2.34. The van der Waals surface area contributed by atoms with Gasteiger partial charge in [0.05, 0.1) is 32.9 Å². The average molecular weight is 459 g/mol. The fraction of sp³-hybridized carbons (Fsp3) is 0.222. The molecule has 0 bridgehead atoms. The maximum Gasteiger partial charge on any atom is 0.397 e. The van der Waals surface area contributed by atoms with Crippen LogP contribution in [0.25, 0.3) is 22.3 Å². The standard InChI is InChI=1S/C27H25NO6/c1-15-5-7-17(8-6-15)22-12-23-20-10-9-19(33-3)11-18(20)14-28(26(31)27(32)34-4)25(23)16(2)21(22)13-24(29)30/h5-12H,13-14H2,1-4H3,(H,29,30). The van der Waals surface area contributed by atoms with E-state index in [1.807, 2.05) is 55.5 Å². The quantitative estimate of drug-likeness (QED) is 0.462. The number of fused-ring (bicyclic) bond motifs is 3. The Morgan fingerprint density at radius 1 is 0.941 bits per heavy atom. The second-order valence-corrected chi connectivity index (χ2v) is 8.27. The van der Waals surface area contributed by atoms with E-state index in [4.69, 9.17) is 9.47 Å². The molecule has 1 heterocycles. The fourth-order valence-electron chi connectivity index (χ4n) is 4.48. The number of benzene rings is 3. The molecule has 34 heavy (non-hydrogen) atoms. The summed E-state index contributed by atoms with van der Waals surface area (Å²) in [5.41, 5.74) is 6.91. The molecule has 3 aromatic carbocycles. The van der Waals surface area contributed by atoms with E-state index in [-0.39, 0.29) is 13.0 Å². The first kappa shape index (κ1) is 23.0. The van der Waals surface area contributed by atoms with Crippen LogP contribution >= 0.6 is 0 Å². The molecule has 0 aliphatic carbocycles. The van der Waals surface area contributed by atoms with Crippen LogP contribution in [0.4, 0.5) is 5.69 Å². The number of methoxy groups -OCH3 is 2. The van der Waals surface area contributed by atoms with Crippen molar-refractivity contribution in [3.8, 4) is 28.0 Å². The SMILES string of the molecule is COC(=O)C(=O)N1Cc2cc(OC)ccc2-c2cc(-c3ccc(C)cc3)c(CC(=O)O)c(C)c21. The molecule has 1 amide bonds. The number of rotatable bonds is 4. The minimum Gasteiger partial charge on any atom is -0.497 e. The molecule has 7 nitrogen and oxygen atoms in total. The van der Waals surface area contributed by atoms with Crippen molar-refractivity contribution >= 4 is 23.5 Å². The summed E-state index contributed by atoms with van der Waals surface area (Å²) in [6, 6.07) is 15.4. The van der Waals surface area contributed by atoms with Gasteiger partial charge in [0, 0.05) is 5.56 Å². The number of ether oxygens (including phenoxy) is 2. The first-order valence-electron chi connectivity index (χ1n) is 10.8. The fourth-order valence-corrected chi connectivity index (χ4v) is 4.48. The number of amides is 1. The van der Waals surface area contributed by atoms with Gasteiger partial charge in [-0.1, -0.05) is 35.9 Å². The maximum absolute atomic E-state index is 13.0. The van der Waals surface area contributed by atoms with E-state index in [2.05, 4.69) is 0 Å². The highest BCUT2D eigenvalue weighted by Gasteiger charge is 2.34. The maximum atomic E-state index is 13.0. The van der Waals surface area contributed by atoms with Gasteiger partial charge in [0.1, 0.15) is 5.75 Å². The highest BCUT2D eigenvalue weighted by molar-refractivity contribution is 6.38. The highest BCUT2D eigenvalue weighted by atomic mass is 16.5. The van der Waals surface area contributed by atoms with E-state index < -0.39 is 17.8 Å². The number of aryl methyl sites for hydroxylation is 1. The van der Waals surface area contributed by atoms with E-state index in [1.165, 1.54) is 4.90 Å². The van der Waals surface area contributed by atoms with Crippen molar-refractivity contribution in [3.05, 3.63) is 70.8 Å². The van der Waals surface area contributed by atoms with Gasteiger partial charge in [-0.25, -0.2) is 4.79 Å². The largest absolute Gasteiger partial charge is 0.497 e. The van der Waals surface area contributed by atoms with E-state index in [9.17, 15) is 19.5 Å². The zero-order valence-corrected chi connectivity index (χ0v) is 19.5. The predicted octanol–water partition coefficient (Wildman–Crippen LogP) is 4.29. The van der Waals surface area contributed by atoms with Gasteiger partial charge >= 0.3 is 17.8 Å². The molecular weight excluding hydrogens is 434 g/mol. The van der Waals surface area contributed by atoms with Crippen molar-refractivity contribution in [1.82, 2.24) is 0 Å². The molecule has 0 saturated carbocycles. The predicted molar refractivity (Wildman–Crippen MR) is 128 cm³/mol. The van der Waals surface area contributed by atoms with E-state index in [0.717, 1.165) is 40.5 Å². The van der Waals surface area contributed by atoms with Crippen LogP contribution in [0.5, 0.6) is 5.75 Å². The summed E-state index contributed by atoms with van der Waals surface area (Å²) in [5.74, 6) is -2.15. The Morgan fingerprint density at radius 3 is 2.26 bits per heavy atom. The van der Waals surface area contributed by atoms with Gasteiger partial charge < -0.3 is 14.6 Å². The number of carbonyl (C=O) groups excluding carboxylic acids is 2. The molecular formula is C27H25NO6. The van der Waals surface area contributed by atoms with Gasteiger partial charge in [-0.3, -0.25) is 14.5 Å². The molecule has 7 heteroatoms. The molecule has 0 fully saturated rings. The Labute approximate surface area is 197 Å². The van der Waals surface area contributed by atoms with Crippen molar-refractivity contribution in [1.29, 1.82) is 0 Å². The number of carboxylic acids is 1. The lowest BCUT2D eigenvalue weighted by molar-refractivity contribution is -0.151. The normalized spacial score (nSPS) is 11.9. The molecule has 0 unspecified atom stereocenters. The molecule has 174 valence electrons. The summed E-state index contributed by atoms with van der Waals surface area (Å²) in [4.78, 5) is 38.4. The average Bonchev–Trinajstić information content (AvgIpc) is 2.83. The number of aliphatic carboxylic acids is 1. The van der Waals surface area contributed by atoms with E-state index >= 15 is 0 Å². The lowest BCUT2D eigenvalue weighted by Crippen LogP contribution is -2.39. The molecule has 1 N–H and O–H groups in total. The lowest BCUT2D eigenvalue weighted by atomic mass is 9.84. The van der Waals surface area contributed by atoms with E-state index in [1.54, 1.807) is 14.0 Å². The van der Waals surface area contributed by atoms with Crippen molar-refractivity contribution in [2.24, 2.45) is 0 Å². The van der Waals surface area contributed by atoms with E-state index in [0.29, 0.717) is 22.6 Å². The molecule has 0 radical (unpaired) electrons. The molecule has 0 spiro atoms. The Kier molecular flexibility index (Phi) is 6.11. The van der Waals surface area contributed by atoms with Crippen LogP contribution in [0.2, 0.25) is 0 Å². The Morgan fingerprint density at radius 2 is 1.65 bits per heavy atom. The summed E-state index contributed by atoms with van der Waals surface area (Å²) in [6.45, 7) is 3.91. The first-order valence-corrected chi connectivity index (χ1v) is 10.8. The molecule has 3 aromatic rings. The number of anilines is 1. The van der Waals surface area contributed by atoms with Crippen LogP contribution in [-0.2, 0) is 32.1 Å². The number of esters is 1. The molecule has 0 atom stereocenters. The molecule has 0 aromatic heterocycles. The smallest absolute Gasteiger partial charge is 0.397 e. The van der Waals surface area contributed by atoms with Crippen molar-refractivity contribution in [3.63, 3.8) is 0 Å². The second-order valence-electron chi connectivity index (χ2n) is 8.27. The molecule has 4 rings (SSSR count). The summed E-state index contributed by atoms with van der Waals surface area (Å²) < 4.78 is 10.1. The zero-order chi connectivity index (χ0) is 24.6. The number of carbonyl (C=O) groups is 3. The summed E-state index contributed by atoms with van der Waals surface area (Å²) >= 11 is 0. The van der Waals surface area contributed by atoms with Crippen molar-refractivity contribution in [2.75, 3.05) is 19.1 Å². The van der Waals surface area contributed by atoms with Gasteiger partial charge in [-0.2, -0.15) is 0 Å². The van der Waals surface area contributed by atoms with Crippen LogP contribution in [0.15, 0.2) is 48.5 Å². The number of hydrogen-bond donors (Lipinski definition) is 1. The third kappa shape index (κ3) is 4.01. The first-order chi connectivity index (χ1) is 16.2. The second kappa shape index (κ2) is 9.02. The Balaban J connectivity index is 2.05. The summed E-state index contributed by atoms with van der Waals surface area (Å²) in [7, 11) is 2.72. The van der Waals surface area contributed by atoms with Gasteiger partial charge in [0.25, 0.3) is 0 Å². The number of carboxylic acid groups (broad SMARTS) is 1. The third-order valence-electron chi connectivity index (χ3n) is 6.17. The molecule has 1 aliphatic heterocycles. The summed E-state index contributed by atoms with van der Waals surface area (Å²) in [5, 5.41) is 9.66. The number of nitrogens with zero attached hydrogens (tertiary/aromatic N) is 1. The minimum atomic E-state index is -0.987. The monoisotopic (exact) mass is 459 g/mol. The van der Waals surface area contributed by atoms with Gasteiger partial charge in [-0.15, -0.1) is 0 Å². The zero-order valence-electron chi connectivity index (χ0n) is 19.5. The van der Waals surface area contributed by atoms with Gasteiger partial charge in [-0.05, 0) is 65.4 Å². The molecule has 1 aliphatic rings. The Hall–Kier alpha value is -4.13. The van der Waals surface area contributed by atoms with Crippen LogP contribution < -0.4 is 9.64 Å². The minimum absolute atomic E-state index is 0.130. The Bertz CT molecular complexity index is 1310. The van der Waals surface area contributed by atoms with Crippen LogP contribution in [0.1, 0.15) is 22.3 Å². The highest BCUT2D eigenvalue weighted by Crippen LogP contribution is 2.46. The summed E-state index contributed by atoms with van der Waals surface area (Å²) in [6.07, 6.45) is -0.224. The topological polar surface area (TPSA) is 93.1 Å². The van der Waals surface area contributed by atoms with Crippen LogP contribution in [-0.4, -0.2) is 37.2 Å². The molecule has 0 saturated heterocycles. The van der Waals surface area contributed by atoms with Crippen LogP contribution in [0.3, 0.4) is 0 Å². The third-order valence-corrected chi connectivity index (χ3v) is 6.17. The number of hydrogen-bond acceptors (Lipinski definition) is 5. The van der Waals surface area contributed by atoms with Crippen molar-refractivity contribution < 1.29 is 29.0 Å². The van der Waals surface area contributed by atoms with Gasteiger partial charge in [0.2, 0.25) is 0 Å². The van der Waals surface area contributed by atoms with Crippen molar-refractivity contribution in [2.45, 2.75) is 26.8 Å². The van der Waals surface area contributed by atoms with Gasteiger partial charge in [0.15, 0.2) is 0 Å². The van der Waals surface area contributed by atoms with Crippen LogP contribution in [0, 0.1) is 13.8 Å².